The Hall–Kier alpha value is -3.08. The Kier molecular flexibility index (Phi) is 7.29. The SMILES string of the molecule is CCCCCCC/C(=C\[S+]1c2ccccc2Oc2ccccc21)[S+]1c2ccccc2Oc2ccccc21. The lowest BCUT2D eigenvalue weighted by molar-refractivity contribution is 0.452. The van der Waals surface area contributed by atoms with Gasteiger partial charge in [0.1, 0.15) is 21.8 Å². The van der Waals surface area contributed by atoms with Gasteiger partial charge in [-0.1, -0.05) is 81.1 Å². The number of benzene rings is 4. The predicted molar refractivity (Wildman–Crippen MR) is 155 cm³/mol. The summed E-state index contributed by atoms with van der Waals surface area (Å²) in [5, 5.41) is 2.59. The van der Waals surface area contributed by atoms with E-state index in [9.17, 15) is 0 Å². The zero-order valence-electron chi connectivity index (χ0n) is 21.2. The molecular formula is C33H32O2S2+2. The minimum Gasteiger partial charge on any atom is -0.447 e. The molecule has 0 saturated heterocycles. The van der Waals surface area contributed by atoms with Crippen LogP contribution >= 0.6 is 0 Å². The molecule has 2 nitrogen and oxygen atoms in total. The minimum atomic E-state index is -0.210. The van der Waals surface area contributed by atoms with Crippen molar-refractivity contribution in [3.05, 3.63) is 107 Å². The molecular weight excluding hydrogens is 492 g/mol. The lowest BCUT2D eigenvalue weighted by Gasteiger charge is -2.22. The second-order valence-electron chi connectivity index (χ2n) is 9.38. The van der Waals surface area contributed by atoms with Gasteiger partial charge in [0, 0.05) is 6.42 Å². The van der Waals surface area contributed by atoms with Gasteiger partial charge in [-0.3, -0.25) is 0 Å². The highest BCUT2D eigenvalue weighted by molar-refractivity contribution is 8.04. The van der Waals surface area contributed by atoms with Crippen LogP contribution in [0.25, 0.3) is 0 Å². The van der Waals surface area contributed by atoms with E-state index in [0.29, 0.717) is 0 Å². The second-order valence-corrected chi connectivity index (χ2v) is 13.2. The van der Waals surface area contributed by atoms with E-state index in [1.807, 2.05) is 0 Å². The Labute approximate surface area is 226 Å². The number of hydrogen-bond donors (Lipinski definition) is 0. The van der Waals surface area contributed by atoms with Crippen LogP contribution in [0.2, 0.25) is 0 Å². The van der Waals surface area contributed by atoms with Gasteiger partial charge in [0.05, 0.1) is 0 Å². The van der Waals surface area contributed by atoms with Crippen molar-refractivity contribution in [3.8, 4) is 23.0 Å². The predicted octanol–water partition coefficient (Wildman–Crippen LogP) is 9.87. The molecule has 37 heavy (non-hydrogen) atoms. The highest BCUT2D eigenvalue weighted by Crippen LogP contribution is 2.50. The third-order valence-electron chi connectivity index (χ3n) is 6.79. The van der Waals surface area contributed by atoms with E-state index in [2.05, 4.69) is 109 Å². The molecule has 4 aromatic carbocycles. The Morgan fingerprint density at radius 2 is 1.00 bits per heavy atom. The summed E-state index contributed by atoms with van der Waals surface area (Å²) in [4.78, 5) is 6.62. The zero-order valence-corrected chi connectivity index (χ0v) is 22.8. The molecule has 0 bridgehead atoms. The average molecular weight is 525 g/mol. The molecule has 0 fully saturated rings. The summed E-state index contributed by atoms with van der Waals surface area (Å²) in [6.07, 6.45) is 7.45. The molecule has 4 aromatic rings. The number of unbranched alkanes of at least 4 members (excludes halogenated alkanes) is 4. The third kappa shape index (κ3) is 4.93. The summed E-state index contributed by atoms with van der Waals surface area (Å²) in [6.45, 7) is 2.28. The maximum absolute atomic E-state index is 6.38. The zero-order chi connectivity index (χ0) is 25.0. The van der Waals surface area contributed by atoms with Crippen LogP contribution < -0.4 is 9.47 Å². The van der Waals surface area contributed by atoms with E-state index < -0.39 is 0 Å². The molecule has 6 rings (SSSR count). The standard InChI is InChI=1S/C33H32O2S2/c1-2-3-4-5-6-15-25(37-32-22-13-9-18-28(32)35-29-19-10-14-23-33(29)37)24-36-30-20-11-7-16-26(30)34-27-17-8-12-21-31(27)36/h7-14,16-24H,2-6,15H2,1H3/q+2/b25-24+. The van der Waals surface area contributed by atoms with E-state index >= 15 is 0 Å². The maximum Gasteiger partial charge on any atom is 0.208 e. The van der Waals surface area contributed by atoms with E-state index in [1.165, 1.54) is 56.6 Å². The molecule has 0 unspecified atom stereocenters. The van der Waals surface area contributed by atoms with Crippen LogP contribution in [-0.4, -0.2) is 0 Å². The number of rotatable bonds is 8. The van der Waals surface area contributed by atoms with E-state index in [-0.39, 0.29) is 21.8 Å². The summed E-state index contributed by atoms with van der Waals surface area (Å²) in [7, 11) is -0.402. The minimum absolute atomic E-state index is 0.193. The highest BCUT2D eigenvalue weighted by Gasteiger charge is 2.44. The molecule has 0 saturated carbocycles. The summed E-state index contributed by atoms with van der Waals surface area (Å²) >= 11 is 0. The van der Waals surface area contributed by atoms with Crippen molar-refractivity contribution in [2.24, 2.45) is 0 Å². The monoisotopic (exact) mass is 524 g/mol. The average Bonchev–Trinajstić information content (AvgIpc) is 2.95. The Morgan fingerprint density at radius 3 is 1.51 bits per heavy atom. The van der Waals surface area contributed by atoms with Gasteiger partial charge in [-0.15, -0.1) is 0 Å². The largest absolute Gasteiger partial charge is 0.447 e. The van der Waals surface area contributed by atoms with Crippen LogP contribution in [0.1, 0.15) is 45.4 Å². The molecule has 0 radical (unpaired) electrons. The molecule has 0 aliphatic carbocycles. The van der Waals surface area contributed by atoms with E-state index in [1.54, 1.807) is 0 Å². The van der Waals surface area contributed by atoms with E-state index in [4.69, 9.17) is 9.47 Å². The van der Waals surface area contributed by atoms with Gasteiger partial charge in [-0.2, -0.15) is 0 Å². The first-order valence-corrected chi connectivity index (χ1v) is 15.7. The van der Waals surface area contributed by atoms with Gasteiger partial charge in [0.25, 0.3) is 0 Å². The lowest BCUT2D eigenvalue weighted by atomic mass is 10.1. The van der Waals surface area contributed by atoms with Gasteiger partial charge in [0.2, 0.25) is 19.6 Å². The molecule has 4 heteroatoms. The van der Waals surface area contributed by atoms with Crippen LogP contribution in [0.4, 0.5) is 0 Å². The fraction of sp³-hybridized carbons (Fsp3) is 0.212. The maximum atomic E-state index is 6.38. The Morgan fingerprint density at radius 1 is 0.568 bits per heavy atom. The Balaban J connectivity index is 1.49. The first-order valence-electron chi connectivity index (χ1n) is 13.2. The van der Waals surface area contributed by atoms with Gasteiger partial charge in [-0.25, -0.2) is 0 Å². The van der Waals surface area contributed by atoms with Crippen molar-refractivity contribution in [2.75, 3.05) is 0 Å². The fourth-order valence-electron chi connectivity index (χ4n) is 4.97. The summed E-state index contributed by atoms with van der Waals surface area (Å²) in [5.74, 6) is 3.91. The van der Waals surface area contributed by atoms with E-state index in [0.717, 1.165) is 29.4 Å². The molecule has 186 valence electrons. The number of ether oxygens (including phenoxy) is 2. The van der Waals surface area contributed by atoms with Gasteiger partial charge in [-0.05, 0) is 55.0 Å². The van der Waals surface area contributed by atoms with Crippen molar-refractivity contribution < 1.29 is 9.47 Å². The van der Waals surface area contributed by atoms with Crippen molar-refractivity contribution >= 4 is 21.8 Å². The van der Waals surface area contributed by atoms with Crippen molar-refractivity contribution in [3.63, 3.8) is 0 Å². The van der Waals surface area contributed by atoms with Crippen LogP contribution in [0.3, 0.4) is 0 Å². The van der Waals surface area contributed by atoms with Gasteiger partial charge < -0.3 is 9.47 Å². The molecule has 2 aliphatic heterocycles. The first-order chi connectivity index (χ1) is 18.3. The topological polar surface area (TPSA) is 18.5 Å². The van der Waals surface area contributed by atoms with Crippen molar-refractivity contribution in [1.29, 1.82) is 0 Å². The molecule has 0 atom stereocenters. The third-order valence-corrected chi connectivity index (χ3v) is 11.5. The molecule has 2 heterocycles. The quantitative estimate of drug-likeness (QED) is 0.169. The lowest BCUT2D eigenvalue weighted by Crippen LogP contribution is -2.16. The Bertz CT molecular complexity index is 1340. The molecule has 0 amide bonds. The van der Waals surface area contributed by atoms with Gasteiger partial charge in [0.15, 0.2) is 33.3 Å². The van der Waals surface area contributed by atoms with Crippen molar-refractivity contribution in [2.45, 2.75) is 65.0 Å². The molecule has 0 N–H and O–H groups in total. The van der Waals surface area contributed by atoms with Gasteiger partial charge >= 0.3 is 0 Å². The number of allylic oxidation sites excluding steroid dienone is 1. The molecule has 0 spiro atoms. The van der Waals surface area contributed by atoms with Crippen LogP contribution in [0, 0.1) is 0 Å². The highest BCUT2D eigenvalue weighted by atomic mass is 32.2. The second kappa shape index (κ2) is 11.1. The van der Waals surface area contributed by atoms with Crippen molar-refractivity contribution in [1.82, 2.24) is 0 Å². The van der Waals surface area contributed by atoms with Crippen LogP contribution in [0.15, 0.2) is 127 Å². The molecule has 2 aliphatic rings. The molecule has 0 aromatic heterocycles. The fourth-order valence-corrected chi connectivity index (χ4v) is 9.82. The number of fused-ring (bicyclic) bond motifs is 4. The number of hydrogen-bond acceptors (Lipinski definition) is 2. The summed E-state index contributed by atoms with van der Waals surface area (Å²) in [6, 6.07) is 34.3. The first kappa shape index (κ1) is 24.3. The summed E-state index contributed by atoms with van der Waals surface area (Å²) in [5.41, 5.74) is 0. The number of para-hydroxylation sites is 4. The smallest absolute Gasteiger partial charge is 0.208 e. The summed E-state index contributed by atoms with van der Waals surface area (Å²) < 4.78 is 12.7. The van der Waals surface area contributed by atoms with Crippen LogP contribution in [-0.2, 0) is 21.8 Å². The normalized spacial score (nSPS) is 14.6. The van der Waals surface area contributed by atoms with Crippen LogP contribution in [0.5, 0.6) is 23.0 Å².